The molecule has 0 radical (unpaired) electrons. The standard InChI is InChI=1S/C16H14N2O3S/c17-12-14-4-1-3-13(11-14)5-2-10-18(22(20)21)15-6-8-16(19)9-7-15/h1-9,11,19H,10H2,(H,20,21)/b5-2+. The molecule has 2 aromatic rings. The normalized spacial score (nSPS) is 12.0. The number of aromatic hydroxyl groups is 1. The summed E-state index contributed by atoms with van der Waals surface area (Å²) < 4.78 is 22.1. The lowest BCUT2D eigenvalue weighted by Crippen LogP contribution is -2.25. The van der Waals surface area contributed by atoms with Gasteiger partial charge in [0.1, 0.15) is 5.75 Å². The van der Waals surface area contributed by atoms with Crippen molar-refractivity contribution in [1.29, 1.82) is 5.26 Å². The first kappa shape index (κ1) is 15.8. The predicted molar refractivity (Wildman–Crippen MR) is 86.4 cm³/mol. The van der Waals surface area contributed by atoms with Crippen LogP contribution in [0.25, 0.3) is 6.08 Å². The molecule has 2 aromatic carbocycles. The third-order valence-corrected chi connectivity index (χ3v) is 3.66. The predicted octanol–water partition coefficient (Wildman–Crippen LogP) is 2.92. The van der Waals surface area contributed by atoms with E-state index in [1.807, 2.05) is 6.07 Å². The summed E-state index contributed by atoms with van der Waals surface area (Å²) in [6.45, 7) is 0.213. The van der Waals surface area contributed by atoms with E-state index < -0.39 is 11.3 Å². The molecule has 0 spiro atoms. The minimum atomic E-state index is -2.18. The van der Waals surface area contributed by atoms with Crippen LogP contribution in [0.3, 0.4) is 0 Å². The molecule has 112 valence electrons. The number of hydrogen-bond acceptors (Lipinski definition) is 3. The summed E-state index contributed by atoms with van der Waals surface area (Å²) in [6.07, 6.45) is 3.51. The first-order chi connectivity index (χ1) is 10.6. The Morgan fingerprint density at radius 3 is 2.59 bits per heavy atom. The fourth-order valence-electron chi connectivity index (χ4n) is 1.87. The van der Waals surface area contributed by atoms with E-state index in [-0.39, 0.29) is 12.3 Å². The molecule has 0 heterocycles. The van der Waals surface area contributed by atoms with E-state index in [1.54, 1.807) is 42.5 Å². The van der Waals surface area contributed by atoms with Crippen LogP contribution in [0.2, 0.25) is 0 Å². The number of rotatable bonds is 5. The Morgan fingerprint density at radius 1 is 1.23 bits per heavy atom. The zero-order chi connectivity index (χ0) is 15.9. The second-order valence-corrected chi connectivity index (χ2v) is 5.35. The van der Waals surface area contributed by atoms with Crippen molar-refractivity contribution < 1.29 is 13.9 Å². The Hall–Kier alpha value is -2.62. The zero-order valence-electron chi connectivity index (χ0n) is 11.6. The number of hydrogen-bond donors (Lipinski definition) is 2. The van der Waals surface area contributed by atoms with Crippen LogP contribution in [0.1, 0.15) is 11.1 Å². The van der Waals surface area contributed by atoms with Gasteiger partial charge in [0.05, 0.1) is 23.9 Å². The van der Waals surface area contributed by atoms with E-state index in [0.717, 1.165) is 5.56 Å². The maximum atomic E-state index is 11.4. The number of benzene rings is 2. The Bertz CT molecular complexity index is 736. The van der Waals surface area contributed by atoms with Crippen LogP contribution in [-0.4, -0.2) is 20.4 Å². The van der Waals surface area contributed by atoms with E-state index in [1.165, 1.54) is 16.4 Å². The SMILES string of the molecule is N#Cc1cccc(/C=C/CN(c2ccc(O)cc2)S(=O)O)c1. The molecule has 1 unspecified atom stereocenters. The van der Waals surface area contributed by atoms with Crippen molar-refractivity contribution in [1.82, 2.24) is 0 Å². The third-order valence-electron chi connectivity index (χ3n) is 2.92. The van der Waals surface area contributed by atoms with Crippen molar-refractivity contribution in [3.05, 3.63) is 65.7 Å². The molecule has 0 aromatic heterocycles. The Morgan fingerprint density at radius 2 is 1.95 bits per heavy atom. The third kappa shape index (κ3) is 4.19. The molecule has 0 aliphatic carbocycles. The van der Waals surface area contributed by atoms with Gasteiger partial charge in [-0.2, -0.15) is 5.26 Å². The molecule has 0 saturated heterocycles. The summed E-state index contributed by atoms with van der Waals surface area (Å²) >= 11 is -2.18. The number of phenolic OH excluding ortho intramolecular Hbond substituents is 1. The van der Waals surface area contributed by atoms with E-state index >= 15 is 0 Å². The van der Waals surface area contributed by atoms with Gasteiger partial charge in [-0.25, -0.2) is 4.21 Å². The summed E-state index contributed by atoms with van der Waals surface area (Å²) in [5.41, 5.74) is 1.92. The lowest BCUT2D eigenvalue weighted by atomic mass is 10.1. The maximum absolute atomic E-state index is 11.4. The van der Waals surface area contributed by atoms with E-state index in [9.17, 15) is 13.9 Å². The van der Waals surface area contributed by atoms with Crippen LogP contribution in [0.15, 0.2) is 54.6 Å². The minimum Gasteiger partial charge on any atom is -0.508 e. The van der Waals surface area contributed by atoms with Gasteiger partial charge < -0.3 is 5.11 Å². The lowest BCUT2D eigenvalue weighted by Gasteiger charge is -2.18. The molecular weight excluding hydrogens is 300 g/mol. The molecule has 6 heteroatoms. The molecule has 2 N–H and O–H groups in total. The monoisotopic (exact) mass is 314 g/mol. The quantitative estimate of drug-likeness (QED) is 0.831. The van der Waals surface area contributed by atoms with Gasteiger partial charge in [-0.15, -0.1) is 0 Å². The van der Waals surface area contributed by atoms with Gasteiger partial charge in [-0.1, -0.05) is 24.3 Å². The molecule has 1 atom stereocenters. The molecule has 0 aliphatic rings. The maximum Gasteiger partial charge on any atom is 0.262 e. The van der Waals surface area contributed by atoms with Crippen LogP contribution in [0.4, 0.5) is 5.69 Å². The van der Waals surface area contributed by atoms with Crippen molar-refractivity contribution in [3.8, 4) is 11.8 Å². The fourth-order valence-corrected chi connectivity index (χ4v) is 2.39. The fraction of sp³-hybridized carbons (Fsp3) is 0.0625. The molecule has 0 fully saturated rings. The van der Waals surface area contributed by atoms with Gasteiger partial charge in [0.2, 0.25) is 0 Å². The number of anilines is 1. The van der Waals surface area contributed by atoms with Crippen molar-refractivity contribution in [2.24, 2.45) is 0 Å². The molecule has 0 bridgehead atoms. The number of nitrogens with zero attached hydrogens (tertiary/aromatic N) is 2. The van der Waals surface area contributed by atoms with Crippen molar-refractivity contribution in [3.63, 3.8) is 0 Å². The lowest BCUT2D eigenvalue weighted by molar-refractivity contribution is 0.475. The topological polar surface area (TPSA) is 84.6 Å². The Kier molecular flexibility index (Phi) is 5.31. The highest BCUT2D eigenvalue weighted by molar-refractivity contribution is 7.80. The summed E-state index contributed by atoms with van der Waals surface area (Å²) in [5, 5.41) is 18.1. The van der Waals surface area contributed by atoms with E-state index in [4.69, 9.17) is 5.26 Å². The molecular formula is C16H14N2O3S. The highest BCUT2D eigenvalue weighted by Crippen LogP contribution is 2.19. The largest absolute Gasteiger partial charge is 0.508 e. The summed E-state index contributed by atoms with van der Waals surface area (Å²) in [7, 11) is 0. The second kappa shape index (κ2) is 7.41. The molecule has 0 aliphatic heterocycles. The summed E-state index contributed by atoms with van der Waals surface area (Å²) in [4.78, 5) is 0. The highest BCUT2D eigenvalue weighted by atomic mass is 32.2. The van der Waals surface area contributed by atoms with Crippen LogP contribution >= 0.6 is 0 Å². The van der Waals surface area contributed by atoms with Gasteiger partial charge in [0.15, 0.2) is 0 Å². The summed E-state index contributed by atoms with van der Waals surface area (Å²) in [5.74, 6) is 0.0938. The first-order valence-electron chi connectivity index (χ1n) is 6.44. The second-order valence-electron chi connectivity index (χ2n) is 4.45. The highest BCUT2D eigenvalue weighted by Gasteiger charge is 2.10. The molecule has 22 heavy (non-hydrogen) atoms. The Balaban J connectivity index is 2.12. The first-order valence-corrected chi connectivity index (χ1v) is 7.51. The van der Waals surface area contributed by atoms with Gasteiger partial charge in [0.25, 0.3) is 11.3 Å². The molecule has 2 rings (SSSR count). The Labute approximate surface area is 131 Å². The van der Waals surface area contributed by atoms with Crippen LogP contribution in [0, 0.1) is 11.3 Å². The molecule has 0 amide bonds. The number of nitriles is 1. The summed E-state index contributed by atoms with van der Waals surface area (Å²) in [6, 6.07) is 15.2. The number of phenols is 1. The smallest absolute Gasteiger partial charge is 0.262 e. The van der Waals surface area contributed by atoms with E-state index in [2.05, 4.69) is 6.07 Å². The van der Waals surface area contributed by atoms with Gasteiger partial charge >= 0.3 is 0 Å². The van der Waals surface area contributed by atoms with E-state index in [0.29, 0.717) is 11.3 Å². The zero-order valence-corrected chi connectivity index (χ0v) is 12.4. The minimum absolute atomic E-state index is 0.0938. The van der Waals surface area contributed by atoms with Crippen molar-refractivity contribution >= 4 is 23.0 Å². The molecule has 5 nitrogen and oxygen atoms in total. The van der Waals surface area contributed by atoms with Gasteiger partial charge in [-0.05, 0) is 42.0 Å². The van der Waals surface area contributed by atoms with Crippen LogP contribution in [-0.2, 0) is 11.3 Å². The van der Waals surface area contributed by atoms with Gasteiger partial charge in [0, 0.05) is 0 Å². The van der Waals surface area contributed by atoms with Crippen LogP contribution < -0.4 is 4.31 Å². The van der Waals surface area contributed by atoms with Crippen LogP contribution in [0.5, 0.6) is 5.75 Å². The average molecular weight is 314 g/mol. The average Bonchev–Trinajstić information content (AvgIpc) is 2.52. The molecule has 0 saturated carbocycles. The van der Waals surface area contributed by atoms with Crippen molar-refractivity contribution in [2.75, 3.05) is 10.8 Å². The van der Waals surface area contributed by atoms with Gasteiger partial charge in [-0.3, -0.25) is 8.86 Å². The van der Waals surface area contributed by atoms with Crippen molar-refractivity contribution in [2.45, 2.75) is 0 Å².